The third kappa shape index (κ3) is 4.35. The van der Waals surface area contributed by atoms with Gasteiger partial charge in [0.25, 0.3) is 5.69 Å². The van der Waals surface area contributed by atoms with Gasteiger partial charge in [-0.3, -0.25) is 10.1 Å². The Morgan fingerprint density at radius 1 is 1.21 bits per heavy atom. The van der Waals surface area contributed by atoms with Gasteiger partial charge < -0.3 is 20.5 Å². The molecule has 0 aliphatic heterocycles. The number of nitrogens with two attached hydrogens (primary N) is 1. The minimum Gasteiger partial charge on any atom is -0.493 e. The summed E-state index contributed by atoms with van der Waals surface area (Å²) in [4.78, 5) is 14.5. The van der Waals surface area contributed by atoms with E-state index in [9.17, 15) is 10.1 Å². The molecule has 0 radical (unpaired) electrons. The average molecular weight is 330 g/mol. The molecule has 0 aliphatic rings. The van der Waals surface area contributed by atoms with Crippen LogP contribution < -0.4 is 20.5 Å². The molecule has 0 atom stereocenters. The number of hydrogen-bond acceptors (Lipinski definition) is 5. The predicted molar refractivity (Wildman–Crippen MR) is 91.6 cm³/mol. The van der Waals surface area contributed by atoms with E-state index in [2.05, 4.69) is 10.3 Å². The lowest BCUT2D eigenvalue weighted by Crippen LogP contribution is -2.22. The van der Waals surface area contributed by atoms with Crippen LogP contribution in [0.5, 0.6) is 11.5 Å². The van der Waals surface area contributed by atoms with Crippen molar-refractivity contribution in [3.63, 3.8) is 0 Å². The molecule has 0 bridgehead atoms. The van der Waals surface area contributed by atoms with Gasteiger partial charge >= 0.3 is 0 Å². The number of anilines is 1. The van der Waals surface area contributed by atoms with Gasteiger partial charge in [0.1, 0.15) is 0 Å². The van der Waals surface area contributed by atoms with Crippen molar-refractivity contribution < 1.29 is 14.4 Å². The Balaban J connectivity index is 2.06. The van der Waals surface area contributed by atoms with Gasteiger partial charge in [0, 0.05) is 23.9 Å². The van der Waals surface area contributed by atoms with Crippen LogP contribution in [0.15, 0.2) is 47.5 Å². The van der Waals surface area contributed by atoms with Gasteiger partial charge in [0.15, 0.2) is 17.5 Å². The lowest BCUT2D eigenvalue weighted by atomic mass is 10.2. The van der Waals surface area contributed by atoms with E-state index in [1.54, 1.807) is 44.6 Å². The summed E-state index contributed by atoms with van der Waals surface area (Å²) < 4.78 is 10.4. The molecule has 126 valence electrons. The van der Waals surface area contributed by atoms with Crippen LogP contribution in [-0.2, 0) is 6.54 Å². The van der Waals surface area contributed by atoms with Crippen LogP contribution in [0.3, 0.4) is 0 Å². The molecule has 2 aromatic rings. The molecular weight excluding hydrogens is 312 g/mol. The van der Waals surface area contributed by atoms with Crippen LogP contribution in [0.25, 0.3) is 0 Å². The number of ether oxygens (including phenoxy) is 2. The summed E-state index contributed by atoms with van der Waals surface area (Å²) in [5.74, 6) is 1.36. The Kier molecular flexibility index (Phi) is 5.56. The first-order valence-corrected chi connectivity index (χ1v) is 7.05. The Bertz CT molecular complexity index is 761. The molecule has 0 aliphatic carbocycles. The number of nitrogens with zero attached hydrogens (tertiary/aromatic N) is 2. The first kappa shape index (κ1) is 17.1. The third-order valence-corrected chi connectivity index (χ3v) is 3.21. The molecule has 8 nitrogen and oxygen atoms in total. The van der Waals surface area contributed by atoms with Crippen LogP contribution in [0.2, 0.25) is 0 Å². The molecular formula is C16H18N4O4. The second-order valence-corrected chi connectivity index (χ2v) is 4.82. The fourth-order valence-corrected chi connectivity index (χ4v) is 2.05. The molecule has 3 N–H and O–H groups in total. The molecule has 24 heavy (non-hydrogen) atoms. The lowest BCUT2D eigenvalue weighted by Gasteiger charge is -2.10. The van der Waals surface area contributed by atoms with E-state index in [0.717, 1.165) is 0 Å². The van der Waals surface area contributed by atoms with E-state index in [1.165, 1.54) is 12.1 Å². The number of rotatable bonds is 6. The molecule has 0 spiro atoms. The quantitative estimate of drug-likeness (QED) is 0.364. The van der Waals surface area contributed by atoms with Crippen LogP contribution in [0.4, 0.5) is 11.4 Å². The Morgan fingerprint density at radius 3 is 2.62 bits per heavy atom. The number of nitro groups is 1. The van der Waals surface area contributed by atoms with E-state index in [4.69, 9.17) is 15.2 Å². The fourth-order valence-electron chi connectivity index (χ4n) is 2.05. The summed E-state index contributed by atoms with van der Waals surface area (Å²) in [6, 6.07) is 11.5. The van der Waals surface area contributed by atoms with Gasteiger partial charge in [-0.25, -0.2) is 4.99 Å². The number of non-ortho nitro benzene ring substituents is 1. The standard InChI is InChI=1S/C16H18N4O4/c1-23-14-7-6-12(9-15(14)24-2)19-16(17)18-10-11-4-3-5-13(8-11)20(21)22/h3-9H,10H2,1-2H3,(H3,17,18,19). The number of methoxy groups -OCH3 is 2. The van der Waals surface area contributed by atoms with Gasteiger partial charge in [-0.15, -0.1) is 0 Å². The van der Waals surface area contributed by atoms with Gasteiger partial charge in [-0.2, -0.15) is 0 Å². The highest BCUT2D eigenvalue weighted by molar-refractivity contribution is 5.92. The molecule has 2 aromatic carbocycles. The molecule has 0 amide bonds. The van der Waals surface area contributed by atoms with Crippen molar-refractivity contribution >= 4 is 17.3 Å². The molecule has 2 rings (SSSR count). The SMILES string of the molecule is COc1ccc(NC(N)=NCc2cccc([N+](=O)[O-])c2)cc1OC. The number of nitro benzene ring substituents is 1. The predicted octanol–water partition coefficient (Wildman–Crippen LogP) is 2.54. The van der Waals surface area contributed by atoms with Crippen molar-refractivity contribution in [1.29, 1.82) is 0 Å². The number of guanidine groups is 1. The van der Waals surface area contributed by atoms with Crippen molar-refractivity contribution in [1.82, 2.24) is 0 Å². The van der Waals surface area contributed by atoms with E-state index in [-0.39, 0.29) is 18.2 Å². The zero-order chi connectivity index (χ0) is 17.5. The van der Waals surface area contributed by atoms with Crippen molar-refractivity contribution in [2.75, 3.05) is 19.5 Å². The van der Waals surface area contributed by atoms with Crippen LogP contribution in [0.1, 0.15) is 5.56 Å². The molecule has 0 aromatic heterocycles. The van der Waals surface area contributed by atoms with E-state index >= 15 is 0 Å². The van der Waals surface area contributed by atoms with E-state index in [0.29, 0.717) is 22.7 Å². The fraction of sp³-hybridized carbons (Fsp3) is 0.188. The summed E-state index contributed by atoms with van der Waals surface area (Å²) in [5, 5.41) is 13.7. The zero-order valence-corrected chi connectivity index (χ0v) is 13.4. The number of nitrogens with one attached hydrogen (secondary N) is 1. The van der Waals surface area contributed by atoms with Gasteiger partial charge in [0.05, 0.1) is 25.7 Å². The maximum atomic E-state index is 10.8. The summed E-state index contributed by atoms with van der Waals surface area (Å²) in [7, 11) is 3.10. The van der Waals surface area contributed by atoms with Gasteiger partial charge in [-0.05, 0) is 17.7 Å². The molecule has 0 fully saturated rings. The maximum Gasteiger partial charge on any atom is 0.269 e. The largest absolute Gasteiger partial charge is 0.493 e. The van der Waals surface area contributed by atoms with E-state index < -0.39 is 4.92 Å². The Labute approximate surface area is 139 Å². The van der Waals surface area contributed by atoms with Gasteiger partial charge in [0.2, 0.25) is 0 Å². The van der Waals surface area contributed by atoms with Crippen LogP contribution in [-0.4, -0.2) is 25.1 Å². The Hall–Kier alpha value is -3.29. The summed E-state index contributed by atoms with van der Waals surface area (Å²) in [6.07, 6.45) is 0. The third-order valence-electron chi connectivity index (χ3n) is 3.21. The topological polar surface area (TPSA) is 112 Å². The minimum absolute atomic E-state index is 0.0223. The highest BCUT2D eigenvalue weighted by Gasteiger charge is 2.06. The normalized spacial score (nSPS) is 11.0. The van der Waals surface area contributed by atoms with Crippen LogP contribution >= 0.6 is 0 Å². The summed E-state index contributed by atoms with van der Waals surface area (Å²) >= 11 is 0. The van der Waals surface area contributed by atoms with Gasteiger partial charge in [-0.1, -0.05) is 12.1 Å². The molecule has 0 saturated heterocycles. The monoisotopic (exact) mass is 330 g/mol. The highest BCUT2D eigenvalue weighted by Crippen LogP contribution is 2.29. The minimum atomic E-state index is -0.446. The molecule has 0 heterocycles. The Morgan fingerprint density at radius 2 is 1.96 bits per heavy atom. The molecule has 8 heteroatoms. The first-order valence-electron chi connectivity index (χ1n) is 7.05. The van der Waals surface area contributed by atoms with Crippen molar-refractivity contribution in [3.05, 3.63) is 58.1 Å². The second kappa shape index (κ2) is 7.82. The summed E-state index contributed by atoms with van der Waals surface area (Å²) in [5.41, 5.74) is 7.25. The highest BCUT2D eigenvalue weighted by atomic mass is 16.6. The van der Waals surface area contributed by atoms with Crippen molar-refractivity contribution in [3.8, 4) is 11.5 Å². The molecule has 0 saturated carbocycles. The summed E-state index contributed by atoms with van der Waals surface area (Å²) in [6.45, 7) is 0.230. The van der Waals surface area contributed by atoms with Crippen LogP contribution in [0, 0.1) is 10.1 Å². The first-order chi connectivity index (χ1) is 11.5. The smallest absolute Gasteiger partial charge is 0.269 e. The number of aliphatic imine (C=N–C) groups is 1. The molecule has 0 unspecified atom stereocenters. The zero-order valence-electron chi connectivity index (χ0n) is 13.4. The number of benzene rings is 2. The van der Waals surface area contributed by atoms with E-state index in [1.807, 2.05) is 0 Å². The maximum absolute atomic E-state index is 10.8. The van der Waals surface area contributed by atoms with Crippen molar-refractivity contribution in [2.24, 2.45) is 10.7 Å². The average Bonchev–Trinajstić information content (AvgIpc) is 2.60. The van der Waals surface area contributed by atoms with Crippen molar-refractivity contribution in [2.45, 2.75) is 6.54 Å². The lowest BCUT2D eigenvalue weighted by molar-refractivity contribution is -0.384. The number of hydrogen-bond donors (Lipinski definition) is 2. The second-order valence-electron chi connectivity index (χ2n) is 4.82.